The predicted octanol–water partition coefficient (Wildman–Crippen LogP) is 4.02. The molecule has 1 amide bonds. The Morgan fingerprint density at radius 3 is 2.61 bits per heavy atom. The number of H-pyrrole nitrogens is 1. The first-order valence-electron chi connectivity index (χ1n) is 13.6. The standard InChI is InChI=1S/C29H27F5N8O2/c1-16-15-42(10-9-40(16)2)21-12-20(30)25(17-4-7-41(8-5-17)23-3-6-36-22(13-35)38-23)26(31)27(21)39-28(44)18-14-37-24(43)11-19(18)29(32,33)34/h3-4,6,11-12,14,16H,5,7-10,15H2,1-2H3,(H,37,43)(H,39,44). The Morgan fingerprint density at radius 2 is 1.95 bits per heavy atom. The summed E-state index contributed by atoms with van der Waals surface area (Å²) >= 11 is 0. The molecule has 0 saturated carbocycles. The molecule has 1 unspecified atom stereocenters. The fourth-order valence-electron chi connectivity index (χ4n) is 5.29. The zero-order valence-electron chi connectivity index (χ0n) is 23.7. The van der Waals surface area contributed by atoms with Crippen LogP contribution in [0.4, 0.5) is 39.1 Å². The van der Waals surface area contributed by atoms with Crippen LogP contribution in [0.5, 0.6) is 0 Å². The third kappa shape index (κ3) is 6.11. The number of halogens is 5. The Labute approximate surface area is 248 Å². The summed E-state index contributed by atoms with van der Waals surface area (Å²) in [6.07, 6.45) is -1.25. The van der Waals surface area contributed by atoms with Crippen LogP contribution < -0.4 is 20.7 Å². The minimum absolute atomic E-state index is 0.0157. The molecule has 2 aliphatic heterocycles. The van der Waals surface area contributed by atoms with Gasteiger partial charge in [-0.2, -0.15) is 18.4 Å². The van der Waals surface area contributed by atoms with Gasteiger partial charge in [0.25, 0.3) is 5.91 Å². The van der Waals surface area contributed by atoms with Gasteiger partial charge >= 0.3 is 6.18 Å². The predicted molar refractivity (Wildman–Crippen MR) is 152 cm³/mol. The number of aromatic amines is 1. The van der Waals surface area contributed by atoms with Crippen molar-refractivity contribution in [3.05, 3.63) is 81.2 Å². The highest BCUT2D eigenvalue weighted by Crippen LogP contribution is 2.39. The molecule has 2 N–H and O–H groups in total. The van der Waals surface area contributed by atoms with Crippen molar-refractivity contribution < 1.29 is 26.7 Å². The van der Waals surface area contributed by atoms with Gasteiger partial charge in [0.05, 0.1) is 22.4 Å². The Bertz CT molecular complexity index is 1730. The largest absolute Gasteiger partial charge is 0.417 e. The first kappa shape index (κ1) is 30.6. The van der Waals surface area contributed by atoms with Crippen molar-refractivity contribution in [1.82, 2.24) is 19.9 Å². The molecule has 44 heavy (non-hydrogen) atoms. The van der Waals surface area contributed by atoms with Crippen molar-refractivity contribution in [2.24, 2.45) is 0 Å². The number of carbonyl (C=O) groups excluding carboxylic acids is 1. The van der Waals surface area contributed by atoms with Gasteiger partial charge < -0.3 is 25.0 Å². The summed E-state index contributed by atoms with van der Waals surface area (Å²) in [6, 6.07) is 4.77. The fourth-order valence-corrected chi connectivity index (χ4v) is 5.29. The average Bonchev–Trinajstić information content (AvgIpc) is 2.99. The van der Waals surface area contributed by atoms with E-state index in [-0.39, 0.29) is 36.6 Å². The zero-order valence-corrected chi connectivity index (χ0v) is 23.7. The van der Waals surface area contributed by atoms with Gasteiger partial charge in [-0.15, -0.1) is 0 Å². The summed E-state index contributed by atoms with van der Waals surface area (Å²) < 4.78 is 73.3. The third-order valence-corrected chi connectivity index (χ3v) is 7.81. The molecular formula is C29H27F5N8O2. The van der Waals surface area contributed by atoms with Crippen LogP contribution in [0.2, 0.25) is 0 Å². The number of nitrogens with zero attached hydrogens (tertiary/aromatic N) is 6. The number of piperazine rings is 1. The first-order chi connectivity index (χ1) is 20.9. The minimum atomic E-state index is -5.04. The van der Waals surface area contributed by atoms with E-state index >= 15 is 8.78 Å². The molecule has 1 aromatic carbocycles. The number of amides is 1. The van der Waals surface area contributed by atoms with E-state index in [9.17, 15) is 22.8 Å². The summed E-state index contributed by atoms with van der Waals surface area (Å²) in [5, 5.41) is 11.3. The molecule has 0 spiro atoms. The van der Waals surface area contributed by atoms with E-state index in [0.717, 1.165) is 6.07 Å². The number of alkyl halides is 3. The highest BCUT2D eigenvalue weighted by molar-refractivity contribution is 6.07. The fraction of sp³-hybridized carbons (Fsp3) is 0.345. The van der Waals surface area contributed by atoms with E-state index in [4.69, 9.17) is 5.26 Å². The molecule has 5 rings (SSSR count). The third-order valence-electron chi connectivity index (χ3n) is 7.81. The molecule has 4 heterocycles. The van der Waals surface area contributed by atoms with Crippen LogP contribution in [0.15, 0.2) is 41.5 Å². The molecule has 0 radical (unpaired) electrons. The Morgan fingerprint density at radius 1 is 1.18 bits per heavy atom. The topological polar surface area (TPSA) is 121 Å². The van der Waals surface area contributed by atoms with E-state index in [2.05, 4.69) is 20.3 Å². The van der Waals surface area contributed by atoms with Gasteiger partial charge in [0.15, 0.2) is 5.82 Å². The van der Waals surface area contributed by atoms with Crippen LogP contribution in [-0.2, 0) is 6.18 Å². The smallest absolute Gasteiger partial charge is 0.367 e. The van der Waals surface area contributed by atoms with Gasteiger partial charge in [0.1, 0.15) is 23.4 Å². The molecule has 230 valence electrons. The molecule has 1 fully saturated rings. The number of hydrogen-bond acceptors (Lipinski definition) is 8. The first-order valence-corrected chi connectivity index (χ1v) is 13.6. The van der Waals surface area contributed by atoms with Gasteiger partial charge in [-0.3, -0.25) is 9.59 Å². The number of rotatable bonds is 5. The highest BCUT2D eigenvalue weighted by atomic mass is 19.4. The Balaban J connectivity index is 1.55. The lowest BCUT2D eigenvalue weighted by Gasteiger charge is -2.40. The number of hydrogen-bond donors (Lipinski definition) is 2. The van der Waals surface area contributed by atoms with Crippen LogP contribution in [0.3, 0.4) is 0 Å². The van der Waals surface area contributed by atoms with Crippen molar-refractivity contribution in [3.8, 4) is 6.07 Å². The maximum atomic E-state index is 16.4. The van der Waals surface area contributed by atoms with Crippen LogP contribution in [0.1, 0.15) is 40.7 Å². The number of likely N-dealkylation sites (N-methyl/N-ethyl adjacent to an activating group) is 1. The second-order valence-corrected chi connectivity index (χ2v) is 10.6. The van der Waals surface area contributed by atoms with E-state index in [0.29, 0.717) is 43.8 Å². The van der Waals surface area contributed by atoms with E-state index in [1.54, 1.807) is 21.9 Å². The molecule has 1 atom stereocenters. The average molecular weight is 615 g/mol. The van der Waals surface area contributed by atoms with Crippen LogP contribution in [0.25, 0.3) is 5.57 Å². The quantitative estimate of drug-likeness (QED) is 0.414. The minimum Gasteiger partial charge on any atom is -0.367 e. The summed E-state index contributed by atoms with van der Waals surface area (Å²) in [7, 11) is 1.89. The lowest BCUT2D eigenvalue weighted by atomic mass is 9.96. The number of anilines is 3. The zero-order chi connectivity index (χ0) is 31.8. The lowest BCUT2D eigenvalue weighted by molar-refractivity contribution is -0.138. The maximum Gasteiger partial charge on any atom is 0.417 e. The summed E-state index contributed by atoms with van der Waals surface area (Å²) in [6.45, 7) is 3.62. The van der Waals surface area contributed by atoms with Gasteiger partial charge in [-0.05, 0) is 32.0 Å². The molecule has 15 heteroatoms. The maximum absolute atomic E-state index is 16.4. The summed E-state index contributed by atoms with van der Waals surface area (Å²) in [5.74, 6) is -2.92. The molecule has 10 nitrogen and oxygen atoms in total. The van der Waals surface area contributed by atoms with Crippen LogP contribution in [-0.4, -0.2) is 71.6 Å². The summed E-state index contributed by atoms with van der Waals surface area (Å²) in [5.41, 5.74) is -4.09. The second-order valence-electron chi connectivity index (χ2n) is 10.6. The highest BCUT2D eigenvalue weighted by Gasteiger charge is 2.37. The van der Waals surface area contributed by atoms with Gasteiger partial charge in [0, 0.05) is 63.3 Å². The van der Waals surface area contributed by atoms with Gasteiger partial charge in [-0.1, -0.05) is 6.08 Å². The van der Waals surface area contributed by atoms with Crippen molar-refractivity contribution in [2.45, 2.75) is 25.6 Å². The number of aromatic nitrogens is 3. The number of nitrogens with one attached hydrogen (secondary N) is 2. The van der Waals surface area contributed by atoms with Gasteiger partial charge in [0.2, 0.25) is 11.4 Å². The Hall–Kier alpha value is -4.84. The molecular weight excluding hydrogens is 587 g/mol. The van der Waals surface area contributed by atoms with E-state index < -0.39 is 51.7 Å². The van der Waals surface area contributed by atoms with Crippen molar-refractivity contribution in [1.29, 1.82) is 5.26 Å². The monoisotopic (exact) mass is 614 g/mol. The summed E-state index contributed by atoms with van der Waals surface area (Å²) in [4.78, 5) is 40.4. The molecule has 3 aromatic rings. The normalized spacial score (nSPS) is 17.7. The number of pyridine rings is 1. The van der Waals surface area contributed by atoms with Crippen molar-refractivity contribution in [3.63, 3.8) is 0 Å². The van der Waals surface area contributed by atoms with Crippen molar-refractivity contribution in [2.75, 3.05) is 54.9 Å². The van der Waals surface area contributed by atoms with Crippen molar-refractivity contribution >= 4 is 28.7 Å². The van der Waals surface area contributed by atoms with Crippen LogP contribution in [0, 0.1) is 23.0 Å². The number of carbonyl (C=O) groups is 1. The second kappa shape index (κ2) is 12.0. The molecule has 0 bridgehead atoms. The number of nitriles is 1. The molecule has 2 aliphatic rings. The van der Waals surface area contributed by atoms with E-state index in [1.807, 2.05) is 24.9 Å². The molecule has 2 aromatic heterocycles. The molecule has 1 saturated heterocycles. The van der Waals surface area contributed by atoms with Gasteiger partial charge in [-0.25, -0.2) is 18.7 Å². The number of benzene rings is 1. The SMILES string of the molecule is CC1CN(c2cc(F)c(C3=CCN(c4ccnc(C#N)n4)CC3)c(F)c2NC(=O)c2c[nH]c(=O)cc2C(F)(F)F)CCN1C. The van der Waals surface area contributed by atoms with E-state index in [1.165, 1.54) is 6.20 Å². The van der Waals surface area contributed by atoms with Crippen LogP contribution >= 0.6 is 0 Å². The Kier molecular flexibility index (Phi) is 8.38. The molecule has 0 aliphatic carbocycles. The lowest BCUT2D eigenvalue weighted by Crippen LogP contribution is -2.50.